The molecule has 0 saturated carbocycles. The van der Waals surface area contributed by atoms with Crippen LogP contribution in [0.3, 0.4) is 0 Å². The lowest BCUT2D eigenvalue weighted by atomic mass is 10.0. The number of rotatable bonds is 6. The van der Waals surface area contributed by atoms with Crippen molar-refractivity contribution < 1.29 is 9.85 Å². The van der Waals surface area contributed by atoms with E-state index in [9.17, 15) is 20.2 Å². The second-order valence-electron chi connectivity index (χ2n) is 13.9. The van der Waals surface area contributed by atoms with Gasteiger partial charge in [-0.05, 0) is 95.4 Å². The van der Waals surface area contributed by atoms with E-state index in [0.717, 1.165) is 57.8 Å². The first-order valence-corrected chi connectivity index (χ1v) is 18.0. The number of fused-ring (bicyclic) bond motifs is 8. The number of benzene rings is 2. The summed E-state index contributed by atoms with van der Waals surface area (Å²) in [5.74, 6) is 0. The van der Waals surface area contributed by atoms with Crippen LogP contribution in [0.25, 0.3) is 79.8 Å². The van der Waals surface area contributed by atoms with E-state index >= 15 is 0 Å². The highest BCUT2D eigenvalue weighted by atomic mass is 35.5. The molecule has 9 rings (SSSR count). The zero-order chi connectivity index (χ0) is 38.5. The summed E-state index contributed by atoms with van der Waals surface area (Å²) in [4.78, 5) is 45.2. The van der Waals surface area contributed by atoms with Crippen molar-refractivity contribution in [3.05, 3.63) is 164 Å². The Kier molecular flexibility index (Phi) is 9.48. The molecule has 0 amide bonds. The molecule has 5 aromatic rings. The molecule has 8 bridgehead atoms. The summed E-state index contributed by atoms with van der Waals surface area (Å²) in [6, 6.07) is 21.0. The average Bonchev–Trinajstić information content (AvgIpc) is 4.04. The van der Waals surface area contributed by atoms with Crippen LogP contribution < -0.4 is 0 Å². The highest BCUT2D eigenvalue weighted by molar-refractivity contribution is 5.99. The van der Waals surface area contributed by atoms with E-state index in [4.69, 9.17) is 9.97 Å². The van der Waals surface area contributed by atoms with E-state index in [2.05, 4.69) is 44.1 Å². The number of aromatic amines is 2. The molecule has 0 unspecified atom stereocenters. The maximum Gasteiger partial charge on any atom is 0.270 e. The molecule has 2 aromatic carbocycles. The number of H-pyrrole nitrogens is 2. The zero-order valence-corrected chi connectivity index (χ0v) is 31.7. The van der Waals surface area contributed by atoms with E-state index in [0.29, 0.717) is 44.7 Å². The van der Waals surface area contributed by atoms with Gasteiger partial charge in [0.25, 0.3) is 11.4 Å². The van der Waals surface area contributed by atoms with Gasteiger partial charge in [0.15, 0.2) is 0 Å². The van der Waals surface area contributed by atoms with Crippen molar-refractivity contribution in [2.45, 2.75) is 0 Å². The molecular weight excluding hydrogens is 740 g/mol. The van der Waals surface area contributed by atoms with Gasteiger partial charge in [-0.2, -0.15) is 0 Å². The van der Waals surface area contributed by atoms with Crippen LogP contribution in [0.2, 0.25) is 0 Å². The van der Waals surface area contributed by atoms with Crippen LogP contribution in [0, 0.1) is 20.2 Å². The molecule has 2 N–H and O–H groups in total. The molecule has 0 radical (unpaired) electrons. The first-order chi connectivity index (χ1) is 27.2. The van der Waals surface area contributed by atoms with Crippen LogP contribution in [0.5, 0.6) is 0 Å². The quantitative estimate of drug-likeness (QED) is 0.125. The van der Waals surface area contributed by atoms with Crippen molar-refractivity contribution in [3.8, 4) is 22.3 Å². The summed E-state index contributed by atoms with van der Waals surface area (Å²) in [5, 5.41) is 24.0. The number of non-ortho nitro benzene ring substituents is 2. The van der Waals surface area contributed by atoms with Crippen LogP contribution >= 0.6 is 12.4 Å². The maximum absolute atomic E-state index is 12.0. The van der Waals surface area contributed by atoms with E-state index < -0.39 is 9.85 Å². The minimum absolute atomic E-state index is 0. The third-order valence-corrected chi connectivity index (χ3v) is 10.2. The molecule has 0 saturated heterocycles. The summed E-state index contributed by atoms with van der Waals surface area (Å²) in [7, 11) is 4.05. The molecule has 0 spiro atoms. The molecule has 13 heteroatoms. The Bertz CT molecular complexity index is 2690. The first-order valence-electron chi connectivity index (χ1n) is 18.0. The number of likely N-dealkylation sites (N-methyl/N-ethyl adjacent to an activating group) is 2. The molecule has 282 valence electrons. The molecular formula is C44H35ClN8O4. The Morgan fingerprint density at radius 3 is 1.26 bits per heavy atom. The van der Waals surface area contributed by atoms with Crippen molar-refractivity contribution >= 4 is 81.3 Å². The highest BCUT2D eigenvalue weighted by Crippen LogP contribution is 2.38. The Morgan fingerprint density at radius 1 is 0.544 bits per heavy atom. The molecule has 0 aliphatic carbocycles. The molecule has 57 heavy (non-hydrogen) atoms. The van der Waals surface area contributed by atoms with Crippen LogP contribution in [0.15, 0.2) is 110 Å². The zero-order valence-electron chi connectivity index (χ0n) is 30.8. The first kappa shape index (κ1) is 36.7. The van der Waals surface area contributed by atoms with Crippen LogP contribution in [-0.4, -0.2) is 66.8 Å². The summed E-state index contributed by atoms with van der Waals surface area (Å²) >= 11 is 0. The van der Waals surface area contributed by atoms with Crippen LogP contribution in [0.4, 0.5) is 11.4 Å². The second kappa shape index (κ2) is 14.7. The number of nitrogens with zero attached hydrogens (tertiary/aromatic N) is 6. The molecule has 0 fully saturated rings. The number of nitrogens with one attached hydrogen (secondary N) is 2. The number of halogens is 1. The van der Waals surface area contributed by atoms with Gasteiger partial charge >= 0.3 is 0 Å². The molecule has 4 aliphatic heterocycles. The van der Waals surface area contributed by atoms with Crippen molar-refractivity contribution in [1.82, 2.24) is 29.7 Å². The summed E-state index contributed by atoms with van der Waals surface area (Å²) in [6.07, 6.45) is 20.4. The van der Waals surface area contributed by atoms with Gasteiger partial charge in [-0.1, -0.05) is 36.4 Å². The predicted molar refractivity (Wildman–Crippen MR) is 230 cm³/mol. The lowest BCUT2D eigenvalue weighted by Crippen LogP contribution is -2.13. The number of aromatic nitrogens is 4. The van der Waals surface area contributed by atoms with Crippen LogP contribution in [0.1, 0.15) is 33.9 Å². The van der Waals surface area contributed by atoms with Gasteiger partial charge in [0, 0.05) is 95.8 Å². The smallest absolute Gasteiger partial charge is 0.270 e. The van der Waals surface area contributed by atoms with Gasteiger partial charge in [0.2, 0.25) is 0 Å². The Hall–Kier alpha value is -7.31. The van der Waals surface area contributed by atoms with Crippen molar-refractivity contribution in [3.63, 3.8) is 0 Å². The van der Waals surface area contributed by atoms with Gasteiger partial charge in [-0.3, -0.25) is 20.2 Å². The topological polar surface area (TPSA) is 150 Å². The fourth-order valence-corrected chi connectivity index (χ4v) is 7.50. The minimum atomic E-state index is -0.410. The Morgan fingerprint density at radius 2 is 0.912 bits per heavy atom. The Balaban J connectivity index is 0.00000455. The van der Waals surface area contributed by atoms with Gasteiger partial charge in [-0.15, -0.1) is 12.4 Å². The molecule has 0 atom stereocenters. The lowest BCUT2D eigenvalue weighted by molar-refractivity contribution is -0.385. The van der Waals surface area contributed by atoms with Gasteiger partial charge < -0.3 is 19.8 Å². The molecule has 7 heterocycles. The third kappa shape index (κ3) is 6.83. The lowest BCUT2D eigenvalue weighted by Gasteiger charge is -2.18. The minimum Gasteiger partial charge on any atom is -0.377 e. The number of hydrogen-bond donors (Lipinski definition) is 2. The third-order valence-electron chi connectivity index (χ3n) is 10.2. The number of nitro groups is 2. The number of nitro benzene ring substituents is 2. The van der Waals surface area contributed by atoms with E-state index in [1.165, 1.54) is 12.1 Å². The fourth-order valence-electron chi connectivity index (χ4n) is 7.50. The molecule has 3 aromatic heterocycles. The summed E-state index contributed by atoms with van der Waals surface area (Å²) in [6.45, 7) is 1.44. The fraction of sp³-hybridized carbons (Fsp3) is 0.0909. The largest absolute Gasteiger partial charge is 0.377 e. The number of allylic oxidation sites excluding steroid dienone is 4. The summed E-state index contributed by atoms with van der Waals surface area (Å²) in [5.41, 5.74) is 12.0. The van der Waals surface area contributed by atoms with Crippen molar-refractivity contribution in [1.29, 1.82) is 0 Å². The molecule has 4 aliphatic rings. The van der Waals surface area contributed by atoms with Gasteiger partial charge in [0.1, 0.15) is 0 Å². The van der Waals surface area contributed by atoms with Crippen molar-refractivity contribution in [2.75, 3.05) is 27.2 Å². The van der Waals surface area contributed by atoms with E-state index in [-0.39, 0.29) is 23.8 Å². The normalized spacial score (nSPS) is 14.4. The number of hydrogen-bond acceptors (Lipinski definition) is 8. The Labute approximate surface area is 333 Å². The van der Waals surface area contributed by atoms with Gasteiger partial charge in [-0.25, -0.2) is 9.97 Å². The summed E-state index contributed by atoms with van der Waals surface area (Å²) < 4.78 is 0. The maximum atomic E-state index is 12.0. The van der Waals surface area contributed by atoms with E-state index in [1.54, 1.807) is 24.3 Å². The highest BCUT2D eigenvalue weighted by Gasteiger charge is 2.21. The van der Waals surface area contributed by atoms with Gasteiger partial charge in [0.05, 0.1) is 32.6 Å². The van der Waals surface area contributed by atoms with Crippen LogP contribution in [-0.2, 0) is 0 Å². The average molecular weight is 775 g/mol. The predicted octanol–water partition coefficient (Wildman–Crippen LogP) is 9.91. The van der Waals surface area contributed by atoms with Crippen molar-refractivity contribution in [2.24, 2.45) is 0 Å². The van der Waals surface area contributed by atoms with E-state index in [1.807, 2.05) is 87.2 Å². The molecule has 12 nitrogen and oxygen atoms in total. The standard InChI is InChI=1S/C44H34N8O4.ClH/c1-49-21-17-27(18-22-49)41-33-9-10-34(45-33)42(28-19-23-50(2)24-20-28)36-12-14-38(47-36)44(30-6-4-8-32(26-30)52(55)56)40-16-15-39(48-40)43(37-13-11-35(41)46-37)29-5-3-7-31(25-29)51(53)54;/h3-21,23,25-26,46-47H,22,24H2,1-2H3;1H. The SMILES string of the molecule is CN1C=CC(c2c3nc(c(C4=CCN(C)C=C4)c4ccc([nH]4)c(-c4cccc([N+](=O)[O-])c4)c4nc(c(-c5cccc([N+](=O)[O-])c5)c5ccc2[nH]5)C=C4)C=C3)=CC1.Cl. The second-order valence-corrected chi connectivity index (χ2v) is 13.9. The monoisotopic (exact) mass is 774 g/mol.